The molecule has 6 N–H and O–H groups in total. The predicted octanol–water partition coefficient (Wildman–Crippen LogP) is 6.36. The molecule has 16 heteroatoms. The summed E-state index contributed by atoms with van der Waals surface area (Å²) in [5.41, 5.74) is 12.5. The van der Waals surface area contributed by atoms with Gasteiger partial charge in [-0.1, -0.05) is 58.0 Å². The third-order valence-corrected chi connectivity index (χ3v) is 12.4. The summed E-state index contributed by atoms with van der Waals surface area (Å²) < 4.78 is 11.7. The number of pyridine rings is 1. The molecular formula is C47H59N9O6S. The second-order valence-corrected chi connectivity index (χ2v) is 17.8. The Morgan fingerprint density at radius 3 is 2.41 bits per heavy atom. The van der Waals surface area contributed by atoms with Crippen LogP contribution < -0.4 is 31.3 Å². The van der Waals surface area contributed by atoms with E-state index in [1.54, 1.807) is 40.5 Å². The van der Waals surface area contributed by atoms with E-state index in [0.29, 0.717) is 62.4 Å². The number of carbonyl (C=O) groups is 4. The number of thiazole rings is 1. The highest BCUT2D eigenvalue weighted by Crippen LogP contribution is 2.33. The van der Waals surface area contributed by atoms with Crippen LogP contribution in [-0.2, 0) is 25.5 Å². The minimum Gasteiger partial charge on any atom is -0.494 e. The highest BCUT2D eigenvalue weighted by Gasteiger charge is 2.42. The lowest BCUT2D eigenvalue weighted by atomic mass is 9.85. The van der Waals surface area contributed by atoms with Crippen LogP contribution in [0.3, 0.4) is 0 Å². The number of nitrogens with zero attached hydrogens (tertiary/aromatic N) is 4. The van der Waals surface area contributed by atoms with Crippen LogP contribution in [0, 0.1) is 10.8 Å². The number of aromatic nitrogens is 2. The molecule has 15 nitrogen and oxygen atoms in total. The number of benzene rings is 2. The van der Waals surface area contributed by atoms with Crippen LogP contribution >= 0.6 is 11.3 Å². The highest BCUT2D eigenvalue weighted by molar-refractivity contribution is 7.13. The number of methoxy groups -OCH3 is 1. The van der Waals surface area contributed by atoms with Gasteiger partial charge in [0.05, 0.1) is 52.4 Å². The molecule has 4 heterocycles. The lowest BCUT2D eigenvalue weighted by molar-refractivity contribution is -0.145. The van der Waals surface area contributed by atoms with E-state index in [4.69, 9.17) is 20.6 Å². The number of carbonyl (C=O) groups excluding carboxylic acids is 4. The van der Waals surface area contributed by atoms with Gasteiger partial charge in [0, 0.05) is 37.6 Å². The average molecular weight is 878 g/mol. The molecule has 2 fully saturated rings. The van der Waals surface area contributed by atoms with Crippen molar-refractivity contribution in [2.45, 2.75) is 91.0 Å². The fourth-order valence-electron chi connectivity index (χ4n) is 7.93. The van der Waals surface area contributed by atoms with Gasteiger partial charge in [0.1, 0.15) is 30.1 Å². The number of allylic oxidation sites excluding steroid dienone is 1. The van der Waals surface area contributed by atoms with Crippen LogP contribution in [0.4, 0.5) is 11.4 Å². The van der Waals surface area contributed by atoms with Crippen LogP contribution in [0.5, 0.6) is 5.75 Å². The zero-order chi connectivity index (χ0) is 45.3. The Morgan fingerprint density at radius 1 is 1.00 bits per heavy atom. The van der Waals surface area contributed by atoms with Crippen molar-refractivity contribution in [1.29, 1.82) is 5.41 Å². The lowest BCUT2D eigenvalue weighted by Gasteiger charge is -2.36. The predicted molar refractivity (Wildman–Crippen MR) is 247 cm³/mol. The molecule has 6 rings (SSSR count). The number of ether oxygens (including phenoxy) is 2. The first-order chi connectivity index (χ1) is 30.2. The lowest BCUT2D eigenvalue weighted by Crippen LogP contribution is -2.58. The van der Waals surface area contributed by atoms with Crippen molar-refractivity contribution in [3.8, 4) is 16.2 Å². The molecule has 334 valence electrons. The minimum atomic E-state index is -0.855. The summed E-state index contributed by atoms with van der Waals surface area (Å²) in [6.45, 7) is 11.3. The first kappa shape index (κ1) is 46.4. The van der Waals surface area contributed by atoms with Crippen LogP contribution in [0.1, 0.15) is 93.8 Å². The number of amides is 4. The van der Waals surface area contributed by atoms with E-state index < -0.39 is 23.4 Å². The smallest absolute Gasteiger partial charge is 0.274 e. The van der Waals surface area contributed by atoms with Crippen molar-refractivity contribution in [2.75, 3.05) is 43.6 Å². The van der Waals surface area contributed by atoms with Crippen molar-refractivity contribution < 1.29 is 28.7 Å². The Hall–Kier alpha value is -6.13. The molecule has 2 aliphatic heterocycles. The van der Waals surface area contributed by atoms with Gasteiger partial charge in [0.25, 0.3) is 5.91 Å². The summed E-state index contributed by atoms with van der Waals surface area (Å²) in [5.74, 6) is -0.829. The molecule has 2 aromatic heterocycles. The second-order valence-electron chi connectivity index (χ2n) is 16.9. The molecule has 0 spiro atoms. The van der Waals surface area contributed by atoms with Crippen LogP contribution in [0.2, 0.25) is 0 Å². The van der Waals surface area contributed by atoms with Gasteiger partial charge in [-0.3, -0.25) is 19.2 Å². The summed E-state index contributed by atoms with van der Waals surface area (Å²) in [6, 6.07) is 16.9. The van der Waals surface area contributed by atoms with E-state index >= 15 is 0 Å². The van der Waals surface area contributed by atoms with E-state index in [1.807, 2.05) is 57.5 Å². The molecule has 4 amide bonds. The number of nitrogens with two attached hydrogens (primary N) is 1. The van der Waals surface area contributed by atoms with E-state index in [1.165, 1.54) is 13.2 Å². The molecule has 3 atom stereocenters. The van der Waals surface area contributed by atoms with Crippen molar-refractivity contribution in [1.82, 2.24) is 25.5 Å². The van der Waals surface area contributed by atoms with Crippen LogP contribution in [0.15, 0.2) is 72.3 Å². The SMILES string of the molecule is CCc1ncsc1-c1ccc([C@H](C)NC(=O)[C@@H]2CCCN2C(=O)[C@@H](NC(=O)COC2CCN(c3ccc(NC(=O)c4cccc(/C(N)=C/C=N)n4)c(OC)c3)CC2)C(C)(C)C)cc1. The number of hydrogen-bond donors (Lipinski definition) is 5. The fraction of sp³-hybridized carbons (Fsp3) is 0.426. The van der Waals surface area contributed by atoms with E-state index in [0.717, 1.165) is 40.0 Å². The summed E-state index contributed by atoms with van der Waals surface area (Å²) in [4.78, 5) is 68.1. The summed E-state index contributed by atoms with van der Waals surface area (Å²) in [5, 5.41) is 16.2. The van der Waals surface area contributed by atoms with Gasteiger partial charge < -0.3 is 46.4 Å². The second kappa shape index (κ2) is 20.8. The number of hydrogen-bond acceptors (Lipinski definition) is 12. The number of anilines is 2. The van der Waals surface area contributed by atoms with Gasteiger partial charge in [-0.25, -0.2) is 9.97 Å². The molecule has 2 saturated heterocycles. The van der Waals surface area contributed by atoms with Gasteiger partial charge in [-0.05, 0) is 85.9 Å². The first-order valence-electron chi connectivity index (χ1n) is 21.4. The molecule has 0 saturated carbocycles. The number of nitrogens with one attached hydrogen (secondary N) is 4. The average Bonchev–Trinajstić information content (AvgIpc) is 3.98. The number of rotatable bonds is 16. The Balaban J connectivity index is 0.985. The number of aryl methyl sites for hydroxylation is 1. The Kier molecular flexibility index (Phi) is 15.3. The van der Waals surface area contributed by atoms with E-state index in [9.17, 15) is 19.2 Å². The number of piperidine rings is 1. The van der Waals surface area contributed by atoms with Crippen molar-refractivity contribution in [2.24, 2.45) is 11.1 Å². The third kappa shape index (κ3) is 11.5. The Bertz CT molecular complexity index is 2300. The maximum atomic E-state index is 14.2. The Morgan fingerprint density at radius 2 is 1.73 bits per heavy atom. The molecule has 63 heavy (non-hydrogen) atoms. The van der Waals surface area contributed by atoms with Gasteiger partial charge in [-0.2, -0.15) is 0 Å². The number of likely N-dealkylation sites (tertiary alicyclic amines) is 1. The van der Waals surface area contributed by atoms with Crippen LogP contribution in [-0.4, -0.2) is 96.2 Å². The zero-order valence-electron chi connectivity index (χ0n) is 36.9. The van der Waals surface area contributed by atoms with Crippen LogP contribution in [0.25, 0.3) is 16.1 Å². The molecule has 0 radical (unpaired) electrons. The minimum absolute atomic E-state index is 0.159. The molecule has 4 aromatic rings. The normalized spacial score (nSPS) is 16.9. The summed E-state index contributed by atoms with van der Waals surface area (Å²) in [7, 11) is 1.54. The van der Waals surface area contributed by atoms with Crippen molar-refractivity contribution in [3.05, 3.63) is 94.9 Å². The maximum absolute atomic E-state index is 14.2. The standard InChI is InChI=1S/C47H59N9O6S/c1-7-35-42(63-28-50-35)31-15-13-30(14-16-31)29(2)51-45(59)39-12-9-23-56(39)46(60)43(47(3,4)5)54-41(57)27-62-33-20-24-55(25-21-33)32-17-18-37(40(26-32)61-6)53-44(58)38-11-8-10-36(52-38)34(49)19-22-48/h8,10-11,13-19,22,26,28-29,33,39,43,48H,7,9,12,20-21,23-25,27,49H2,1-6H3,(H,51,59)(H,53,58)(H,54,57)/b34-19-,48-22?/t29-,39-,43+/m0/s1. The maximum Gasteiger partial charge on any atom is 0.274 e. The van der Waals surface area contributed by atoms with Gasteiger partial charge in [-0.15, -0.1) is 11.3 Å². The summed E-state index contributed by atoms with van der Waals surface area (Å²) in [6.07, 6.45) is 5.74. The van der Waals surface area contributed by atoms with Crippen molar-refractivity contribution in [3.63, 3.8) is 0 Å². The first-order valence-corrected chi connectivity index (χ1v) is 22.3. The summed E-state index contributed by atoms with van der Waals surface area (Å²) >= 11 is 1.62. The van der Waals surface area contributed by atoms with Crippen molar-refractivity contribution >= 4 is 58.3 Å². The molecular weight excluding hydrogens is 819 g/mol. The largest absolute Gasteiger partial charge is 0.494 e. The van der Waals surface area contributed by atoms with Gasteiger partial charge in [0.2, 0.25) is 17.7 Å². The molecule has 2 aliphatic rings. The highest BCUT2D eigenvalue weighted by atomic mass is 32.1. The Labute approximate surface area is 373 Å². The quantitative estimate of drug-likeness (QED) is 0.0788. The third-order valence-electron chi connectivity index (χ3n) is 11.5. The molecule has 0 unspecified atom stereocenters. The van der Waals surface area contributed by atoms with E-state index in [2.05, 4.69) is 49.9 Å². The fourth-order valence-corrected chi connectivity index (χ4v) is 8.82. The van der Waals surface area contributed by atoms with E-state index in [-0.39, 0.29) is 47.9 Å². The van der Waals surface area contributed by atoms with Gasteiger partial charge in [0.15, 0.2) is 0 Å². The zero-order valence-corrected chi connectivity index (χ0v) is 37.7. The topological polar surface area (TPSA) is 205 Å². The molecule has 0 bridgehead atoms. The molecule has 0 aliphatic carbocycles. The molecule has 2 aromatic carbocycles. The van der Waals surface area contributed by atoms with Gasteiger partial charge >= 0.3 is 0 Å². The monoisotopic (exact) mass is 877 g/mol.